The quantitative estimate of drug-likeness (QED) is 0.169. The van der Waals surface area contributed by atoms with Gasteiger partial charge in [-0.1, -0.05) is 94.3 Å². The average Bonchev–Trinajstić information content (AvgIpc) is 3.74. The molecule has 7 heteroatoms. The van der Waals surface area contributed by atoms with E-state index < -0.39 is 17.1 Å². The fourth-order valence-corrected chi connectivity index (χ4v) is 10.3. The number of rotatable bonds is 9. The summed E-state index contributed by atoms with van der Waals surface area (Å²) in [7, 11) is 0. The first kappa shape index (κ1) is 39.4. The van der Waals surface area contributed by atoms with Crippen LogP contribution in [0.2, 0.25) is 0 Å². The van der Waals surface area contributed by atoms with Crippen molar-refractivity contribution in [3.05, 3.63) is 105 Å². The van der Waals surface area contributed by atoms with E-state index in [0.29, 0.717) is 74.0 Å². The molecule has 7 rings (SSSR count). The van der Waals surface area contributed by atoms with Crippen LogP contribution >= 0.6 is 11.3 Å². The largest absolute Gasteiger partial charge is 0.446 e. The van der Waals surface area contributed by atoms with Crippen molar-refractivity contribution in [2.45, 2.75) is 129 Å². The highest BCUT2D eigenvalue weighted by molar-refractivity contribution is 7.09. The molecule has 1 heterocycles. The van der Waals surface area contributed by atoms with Crippen molar-refractivity contribution in [3.63, 3.8) is 0 Å². The van der Waals surface area contributed by atoms with Gasteiger partial charge >= 0.3 is 6.09 Å². The fourth-order valence-electron chi connectivity index (χ4n) is 9.65. The number of hydrogen-bond acceptors (Lipinski definition) is 6. The number of ketones is 1. The molecule has 3 aromatic rings. The Hall–Kier alpha value is -3.26. The van der Waals surface area contributed by atoms with Crippen molar-refractivity contribution >= 4 is 23.2 Å². The Kier molecular flexibility index (Phi) is 12.7. The Morgan fingerprint density at radius 1 is 1.02 bits per heavy atom. The van der Waals surface area contributed by atoms with Gasteiger partial charge in [0.1, 0.15) is 6.10 Å². The van der Waals surface area contributed by atoms with Crippen LogP contribution < -0.4 is 0 Å². The van der Waals surface area contributed by atoms with Gasteiger partial charge in [-0.05, 0) is 123 Å². The summed E-state index contributed by atoms with van der Waals surface area (Å²) in [5.41, 5.74) is 2.52. The fraction of sp³-hybridized carbons (Fsp3) is 0.565. The normalized spacial score (nSPS) is 29.3. The molecule has 1 amide bonds. The van der Waals surface area contributed by atoms with Crippen LogP contribution in [0.15, 0.2) is 77.7 Å². The monoisotopic (exact) mass is 739 g/mol. The van der Waals surface area contributed by atoms with Crippen LogP contribution in [0.4, 0.5) is 4.79 Å². The maximum absolute atomic E-state index is 14.4. The zero-order chi connectivity index (χ0) is 37.8. The van der Waals surface area contributed by atoms with Crippen LogP contribution in [0, 0.1) is 23.2 Å². The molecule has 286 valence electrons. The number of hydrogen-bond donors (Lipinski definition) is 2. The molecule has 2 bridgehead atoms. The predicted octanol–water partition coefficient (Wildman–Crippen LogP) is 10.2. The molecule has 2 aromatic carbocycles. The lowest BCUT2D eigenvalue weighted by molar-refractivity contribution is -0.0861. The van der Waals surface area contributed by atoms with Crippen molar-refractivity contribution in [2.75, 3.05) is 13.1 Å². The maximum atomic E-state index is 14.4. The summed E-state index contributed by atoms with van der Waals surface area (Å²) in [6.07, 6.45) is 9.65. The molecule has 0 radical (unpaired) electrons. The van der Waals surface area contributed by atoms with Crippen LogP contribution in [0.1, 0.15) is 130 Å². The van der Waals surface area contributed by atoms with Gasteiger partial charge in [0.15, 0.2) is 5.78 Å². The Balaban J connectivity index is 1.37. The van der Waals surface area contributed by atoms with Crippen molar-refractivity contribution in [3.8, 4) is 0 Å². The second-order valence-corrected chi connectivity index (χ2v) is 18.2. The van der Waals surface area contributed by atoms with Crippen molar-refractivity contribution in [1.82, 2.24) is 4.90 Å². The average molecular weight is 740 g/mol. The highest BCUT2D eigenvalue weighted by Gasteiger charge is 2.58. The van der Waals surface area contributed by atoms with Gasteiger partial charge in [-0.2, -0.15) is 0 Å². The van der Waals surface area contributed by atoms with E-state index in [1.165, 1.54) is 10.5 Å². The second kappa shape index (κ2) is 17.0. The van der Waals surface area contributed by atoms with Gasteiger partial charge in [0, 0.05) is 28.0 Å². The molecule has 7 atom stereocenters. The molecule has 2 fully saturated rings. The molecule has 4 aliphatic carbocycles. The number of thiophene rings is 1. The van der Waals surface area contributed by atoms with Gasteiger partial charge in [-0.3, -0.25) is 4.79 Å². The van der Waals surface area contributed by atoms with E-state index in [1.807, 2.05) is 42.5 Å². The van der Waals surface area contributed by atoms with E-state index in [1.54, 1.807) is 16.2 Å². The molecule has 0 spiro atoms. The summed E-state index contributed by atoms with van der Waals surface area (Å²) in [6.45, 7) is 11.7. The molecular formula is C46H61NO5S. The Labute approximate surface area is 321 Å². The molecule has 2 N–H and O–H groups in total. The third-order valence-electron chi connectivity index (χ3n) is 13.1. The highest BCUT2D eigenvalue weighted by Crippen LogP contribution is 2.59. The molecule has 1 aromatic heterocycles. The standard InChI is InChI=1S/C46H61NO5S/c1-31(2)38-19-16-33(4)27-42(38)52-44(50)47(25-22-37-14-10-26-53-37)30-46(51)24-21-41-39-20-17-34(29-40(39)43(49)35-12-7-6-8-13-35)28-36(48)18-15-32(3)11-9-23-45(41,46)5/h6-8,10-14,17,20,26,29,31,33,36,38,41-42,48,51H,9,15-16,18-19,21-25,27-28,30H2,1-5H3. The SMILES string of the molecule is CC1=CCCC2(C)C(CCC2(O)CN(CCc2cccs2)C(=O)OC2CC(C)CCC2C(C)C)c2ccc(cc2C(=O)c2ccccc2)CC(O)CC1. The van der Waals surface area contributed by atoms with Gasteiger partial charge in [0.2, 0.25) is 0 Å². The van der Waals surface area contributed by atoms with E-state index in [4.69, 9.17) is 4.74 Å². The van der Waals surface area contributed by atoms with Crippen LogP contribution in [-0.4, -0.2) is 57.9 Å². The van der Waals surface area contributed by atoms with Crippen LogP contribution in [-0.2, 0) is 17.6 Å². The number of allylic oxidation sites excluding steroid dienone is 2. The first-order chi connectivity index (χ1) is 25.4. The Morgan fingerprint density at radius 3 is 2.55 bits per heavy atom. The van der Waals surface area contributed by atoms with Gasteiger partial charge in [-0.15, -0.1) is 11.3 Å². The Bertz CT molecular complexity index is 1720. The smallest absolute Gasteiger partial charge is 0.410 e. The van der Waals surface area contributed by atoms with Gasteiger partial charge in [0.05, 0.1) is 18.2 Å². The van der Waals surface area contributed by atoms with E-state index in [9.17, 15) is 19.8 Å². The number of nitrogens with zero attached hydrogens (tertiary/aromatic N) is 1. The summed E-state index contributed by atoms with van der Waals surface area (Å²) >= 11 is 1.69. The molecule has 2 saturated carbocycles. The first-order valence-corrected chi connectivity index (χ1v) is 21.0. The van der Waals surface area contributed by atoms with E-state index in [-0.39, 0.29) is 30.4 Å². The zero-order valence-electron chi connectivity index (χ0n) is 32.6. The minimum absolute atomic E-state index is 0.0415. The zero-order valence-corrected chi connectivity index (χ0v) is 33.4. The van der Waals surface area contributed by atoms with E-state index >= 15 is 0 Å². The second-order valence-electron chi connectivity index (χ2n) is 17.1. The van der Waals surface area contributed by atoms with E-state index in [0.717, 1.165) is 43.2 Å². The van der Waals surface area contributed by atoms with E-state index in [2.05, 4.69) is 64.3 Å². The van der Waals surface area contributed by atoms with Crippen LogP contribution in [0.5, 0.6) is 0 Å². The number of carbonyl (C=O) groups excluding carboxylic acids is 2. The molecular weight excluding hydrogens is 679 g/mol. The third kappa shape index (κ3) is 9.01. The summed E-state index contributed by atoms with van der Waals surface area (Å²) in [5.74, 6) is 1.09. The van der Waals surface area contributed by atoms with Crippen molar-refractivity contribution in [1.29, 1.82) is 0 Å². The molecule has 7 unspecified atom stereocenters. The summed E-state index contributed by atoms with van der Waals surface area (Å²) in [4.78, 5) is 31.7. The molecule has 6 nitrogen and oxygen atoms in total. The number of aliphatic hydroxyl groups is 2. The lowest BCUT2D eigenvalue weighted by Gasteiger charge is -2.46. The van der Waals surface area contributed by atoms with Crippen molar-refractivity contribution < 1.29 is 24.5 Å². The topological polar surface area (TPSA) is 87.1 Å². The number of ether oxygens (including phenoxy) is 1. The molecule has 53 heavy (non-hydrogen) atoms. The first-order valence-electron chi connectivity index (χ1n) is 20.1. The summed E-state index contributed by atoms with van der Waals surface area (Å²) in [5, 5.41) is 26.2. The molecule has 0 saturated heterocycles. The number of amides is 1. The maximum Gasteiger partial charge on any atom is 0.410 e. The van der Waals surface area contributed by atoms with Gasteiger partial charge in [0.25, 0.3) is 0 Å². The lowest BCUT2D eigenvalue weighted by atomic mass is 9.64. The molecule has 4 aliphatic rings. The van der Waals surface area contributed by atoms with Gasteiger partial charge in [-0.25, -0.2) is 4.79 Å². The van der Waals surface area contributed by atoms with Gasteiger partial charge < -0.3 is 19.8 Å². The third-order valence-corrected chi connectivity index (χ3v) is 14.0. The summed E-state index contributed by atoms with van der Waals surface area (Å²) < 4.78 is 6.47. The number of fused-ring (bicyclic) bond motifs is 8. The van der Waals surface area contributed by atoms with Crippen LogP contribution in [0.25, 0.3) is 0 Å². The lowest BCUT2D eigenvalue weighted by Crippen LogP contribution is -2.54. The minimum atomic E-state index is -1.22. The number of benzene rings is 2. The minimum Gasteiger partial charge on any atom is -0.446 e. The number of carbonyl (C=O) groups is 2. The highest BCUT2D eigenvalue weighted by atomic mass is 32.1. The summed E-state index contributed by atoms with van der Waals surface area (Å²) in [6, 6.07) is 19.7. The van der Waals surface area contributed by atoms with Crippen LogP contribution in [0.3, 0.4) is 0 Å². The Morgan fingerprint density at radius 2 is 1.81 bits per heavy atom. The predicted molar refractivity (Wildman–Crippen MR) is 214 cm³/mol. The molecule has 0 aliphatic heterocycles. The number of aliphatic hydroxyl groups excluding tert-OH is 1. The van der Waals surface area contributed by atoms with Crippen molar-refractivity contribution in [2.24, 2.45) is 23.2 Å².